The van der Waals surface area contributed by atoms with E-state index in [1.54, 1.807) is 4.90 Å². The van der Waals surface area contributed by atoms with Gasteiger partial charge < -0.3 is 9.64 Å². The fourth-order valence-electron chi connectivity index (χ4n) is 6.57. The topological polar surface area (TPSA) is 91.8 Å². The van der Waals surface area contributed by atoms with Crippen LogP contribution >= 0.6 is 0 Å². The highest BCUT2D eigenvalue weighted by Gasteiger charge is 2.47. The Morgan fingerprint density at radius 2 is 1.89 bits per heavy atom. The third-order valence-electron chi connectivity index (χ3n) is 8.68. The molecule has 2 saturated heterocycles. The van der Waals surface area contributed by atoms with E-state index in [-0.39, 0.29) is 29.6 Å². The maximum absolute atomic E-state index is 13.2. The van der Waals surface area contributed by atoms with Crippen LogP contribution in [0.3, 0.4) is 0 Å². The van der Waals surface area contributed by atoms with Crippen molar-refractivity contribution >= 4 is 28.6 Å². The van der Waals surface area contributed by atoms with E-state index in [1.807, 2.05) is 18.3 Å². The molecule has 5 heterocycles. The summed E-state index contributed by atoms with van der Waals surface area (Å²) in [6.07, 6.45) is 4.49. The third kappa shape index (κ3) is 3.54. The molecule has 8 heteroatoms. The number of aromatic nitrogens is 1. The van der Waals surface area contributed by atoms with Gasteiger partial charge in [0.1, 0.15) is 11.8 Å². The first-order chi connectivity index (χ1) is 18.0. The lowest BCUT2D eigenvalue weighted by atomic mass is 9.74. The van der Waals surface area contributed by atoms with Crippen LogP contribution in [0.4, 0.5) is 0 Å². The molecule has 0 bridgehead atoms. The summed E-state index contributed by atoms with van der Waals surface area (Å²) in [7, 11) is 0. The number of fused-ring (bicyclic) bond motifs is 5. The van der Waals surface area contributed by atoms with Gasteiger partial charge in [-0.3, -0.25) is 29.6 Å². The number of pyridine rings is 1. The van der Waals surface area contributed by atoms with Crippen LogP contribution in [-0.4, -0.2) is 58.2 Å². The molecule has 1 aromatic heterocycles. The van der Waals surface area contributed by atoms with E-state index in [0.717, 1.165) is 49.3 Å². The fourth-order valence-corrected chi connectivity index (χ4v) is 6.57. The molecule has 1 atom stereocenters. The van der Waals surface area contributed by atoms with Gasteiger partial charge in [-0.05, 0) is 56.1 Å². The van der Waals surface area contributed by atoms with Crippen molar-refractivity contribution in [1.82, 2.24) is 20.1 Å². The van der Waals surface area contributed by atoms with Gasteiger partial charge in [0, 0.05) is 46.7 Å². The number of nitrogens with one attached hydrogen (secondary N) is 1. The number of ether oxygens (including phenoxy) is 1. The average Bonchev–Trinajstić information content (AvgIpc) is 3.44. The summed E-state index contributed by atoms with van der Waals surface area (Å²) in [5.41, 5.74) is 4.97. The molecule has 3 amide bonds. The van der Waals surface area contributed by atoms with E-state index >= 15 is 0 Å². The van der Waals surface area contributed by atoms with Gasteiger partial charge >= 0.3 is 0 Å². The monoisotopic (exact) mass is 496 g/mol. The van der Waals surface area contributed by atoms with E-state index < -0.39 is 6.04 Å². The summed E-state index contributed by atoms with van der Waals surface area (Å²) in [5, 5.41) is 3.58. The number of nitrogens with zero attached hydrogens (tertiary/aromatic N) is 3. The van der Waals surface area contributed by atoms with Crippen LogP contribution in [0, 0.1) is 0 Å². The highest BCUT2D eigenvalue weighted by Crippen LogP contribution is 2.49. The van der Waals surface area contributed by atoms with Gasteiger partial charge in [-0.15, -0.1) is 0 Å². The highest BCUT2D eigenvalue weighted by molar-refractivity contribution is 6.05. The predicted molar refractivity (Wildman–Crippen MR) is 136 cm³/mol. The number of likely N-dealkylation sites (tertiary alicyclic amines) is 1. The molecule has 0 saturated carbocycles. The molecule has 2 aromatic carbocycles. The van der Waals surface area contributed by atoms with Gasteiger partial charge in [-0.25, -0.2) is 0 Å². The highest BCUT2D eigenvalue weighted by atomic mass is 16.5. The normalized spacial score (nSPS) is 22.8. The number of hydrogen-bond donors (Lipinski definition) is 1. The zero-order valence-corrected chi connectivity index (χ0v) is 20.5. The minimum Gasteiger partial charge on any atom is -0.492 e. The minimum absolute atomic E-state index is 0.0493. The van der Waals surface area contributed by atoms with E-state index in [0.29, 0.717) is 25.1 Å². The number of imide groups is 1. The van der Waals surface area contributed by atoms with Crippen LogP contribution in [0.2, 0.25) is 0 Å². The Kier molecular flexibility index (Phi) is 5.08. The second-order valence-electron chi connectivity index (χ2n) is 10.7. The second kappa shape index (κ2) is 8.38. The first kappa shape index (κ1) is 22.4. The standard InChI is InChI=1S/C29H28N4O4/c34-25-8-7-24(27(35)31-25)33-16-21-20(28(33)36)5-6-22-26(21)37-17-29(22)10-13-32(14-11-29)15-18-9-12-30-23-4-2-1-3-19(18)23/h1-6,9,12,24H,7-8,10-11,13-17H2,(H,31,34,35). The van der Waals surface area contributed by atoms with Crippen molar-refractivity contribution in [2.75, 3.05) is 19.7 Å². The number of hydrogen-bond acceptors (Lipinski definition) is 6. The minimum atomic E-state index is -0.615. The summed E-state index contributed by atoms with van der Waals surface area (Å²) >= 11 is 0. The Labute approximate surface area is 214 Å². The van der Waals surface area contributed by atoms with Gasteiger partial charge in [0.05, 0.1) is 18.7 Å². The SMILES string of the molecule is O=C1CCC(N2Cc3c(ccc4c3OCC43CCN(Cc4ccnc5ccccc45)CC3)C2=O)C(=O)N1. The van der Waals surface area contributed by atoms with Gasteiger partial charge in [0.15, 0.2) is 0 Å². The summed E-state index contributed by atoms with van der Waals surface area (Å²) < 4.78 is 6.31. The van der Waals surface area contributed by atoms with Gasteiger partial charge in [-0.1, -0.05) is 24.3 Å². The van der Waals surface area contributed by atoms with Gasteiger partial charge in [0.25, 0.3) is 5.91 Å². The second-order valence-corrected chi connectivity index (χ2v) is 10.7. The number of rotatable bonds is 3. The van der Waals surface area contributed by atoms with E-state index in [4.69, 9.17) is 4.74 Å². The number of carbonyl (C=O) groups excluding carboxylic acids is 3. The Hall–Kier alpha value is -3.78. The molecular formula is C29H28N4O4. The Bertz CT molecular complexity index is 1450. The van der Waals surface area contributed by atoms with Crippen LogP contribution in [0.25, 0.3) is 10.9 Å². The first-order valence-corrected chi connectivity index (χ1v) is 13.0. The number of carbonyl (C=O) groups is 3. The molecule has 1 spiro atoms. The van der Waals surface area contributed by atoms with Crippen molar-refractivity contribution in [3.8, 4) is 5.75 Å². The molecule has 0 aliphatic carbocycles. The van der Waals surface area contributed by atoms with Crippen LogP contribution < -0.4 is 10.1 Å². The summed E-state index contributed by atoms with van der Waals surface area (Å²) in [6.45, 7) is 3.81. The van der Waals surface area contributed by atoms with Crippen molar-refractivity contribution < 1.29 is 19.1 Å². The average molecular weight is 497 g/mol. The van der Waals surface area contributed by atoms with Crippen LogP contribution in [-0.2, 0) is 28.1 Å². The van der Waals surface area contributed by atoms with Crippen LogP contribution in [0.1, 0.15) is 52.7 Å². The lowest BCUT2D eigenvalue weighted by Gasteiger charge is -2.38. The molecule has 1 N–H and O–H groups in total. The molecule has 188 valence electrons. The van der Waals surface area contributed by atoms with Crippen molar-refractivity contribution in [3.05, 3.63) is 70.9 Å². The molecule has 37 heavy (non-hydrogen) atoms. The molecule has 2 fully saturated rings. The molecule has 4 aliphatic rings. The largest absolute Gasteiger partial charge is 0.492 e. The fraction of sp³-hybridized carbons (Fsp3) is 0.379. The molecule has 3 aromatic rings. The first-order valence-electron chi connectivity index (χ1n) is 13.0. The van der Waals surface area contributed by atoms with Crippen LogP contribution in [0.5, 0.6) is 5.75 Å². The smallest absolute Gasteiger partial charge is 0.255 e. The Morgan fingerprint density at radius 1 is 1.05 bits per heavy atom. The number of piperidine rings is 2. The van der Waals surface area contributed by atoms with Gasteiger partial charge in [-0.2, -0.15) is 0 Å². The Morgan fingerprint density at radius 3 is 2.73 bits per heavy atom. The summed E-state index contributed by atoms with van der Waals surface area (Å²) in [6, 6.07) is 13.8. The van der Waals surface area contributed by atoms with Crippen molar-refractivity contribution in [2.24, 2.45) is 0 Å². The van der Waals surface area contributed by atoms with Crippen molar-refractivity contribution in [3.63, 3.8) is 0 Å². The van der Waals surface area contributed by atoms with E-state index in [9.17, 15) is 14.4 Å². The summed E-state index contributed by atoms with van der Waals surface area (Å²) in [5.74, 6) is 0.00583. The lowest BCUT2D eigenvalue weighted by molar-refractivity contribution is -0.136. The lowest BCUT2D eigenvalue weighted by Crippen LogP contribution is -2.52. The molecule has 7 rings (SSSR count). The van der Waals surface area contributed by atoms with E-state index in [2.05, 4.69) is 45.5 Å². The molecular weight excluding hydrogens is 468 g/mol. The summed E-state index contributed by atoms with van der Waals surface area (Å²) in [4.78, 5) is 45.8. The number of para-hydroxylation sites is 1. The number of amides is 3. The van der Waals surface area contributed by atoms with Crippen molar-refractivity contribution in [1.29, 1.82) is 0 Å². The van der Waals surface area contributed by atoms with E-state index in [1.165, 1.54) is 16.5 Å². The van der Waals surface area contributed by atoms with Crippen LogP contribution in [0.15, 0.2) is 48.7 Å². The maximum atomic E-state index is 13.2. The number of benzene rings is 2. The molecule has 1 unspecified atom stereocenters. The zero-order valence-electron chi connectivity index (χ0n) is 20.5. The third-order valence-corrected chi connectivity index (χ3v) is 8.68. The quantitative estimate of drug-likeness (QED) is 0.561. The molecule has 0 radical (unpaired) electrons. The molecule has 4 aliphatic heterocycles. The molecule has 8 nitrogen and oxygen atoms in total. The van der Waals surface area contributed by atoms with Crippen molar-refractivity contribution in [2.45, 2.75) is 50.2 Å². The maximum Gasteiger partial charge on any atom is 0.255 e. The van der Waals surface area contributed by atoms with Gasteiger partial charge in [0.2, 0.25) is 11.8 Å². The zero-order chi connectivity index (χ0) is 25.1. The predicted octanol–water partition coefficient (Wildman–Crippen LogP) is 2.92. The Balaban J connectivity index is 1.09.